The molecule has 0 radical (unpaired) electrons. The zero-order valence-corrected chi connectivity index (χ0v) is 13.5. The summed E-state index contributed by atoms with van der Waals surface area (Å²) in [5.41, 5.74) is 1.77. The summed E-state index contributed by atoms with van der Waals surface area (Å²) < 4.78 is 19.3. The summed E-state index contributed by atoms with van der Waals surface area (Å²) in [7, 11) is 0. The van der Waals surface area contributed by atoms with E-state index >= 15 is 0 Å². The summed E-state index contributed by atoms with van der Waals surface area (Å²) in [6.07, 6.45) is 0.926. The smallest absolute Gasteiger partial charge is 0.131 e. The van der Waals surface area contributed by atoms with Crippen LogP contribution in [0.3, 0.4) is 0 Å². The molecule has 1 aromatic carbocycles. The molecule has 0 unspecified atom stereocenters. The van der Waals surface area contributed by atoms with Crippen molar-refractivity contribution in [1.29, 1.82) is 0 Å². The van der Waals surface area contributed by atoms with Gasteiger partial charge in [0.1, 0.15) is 18.2 Å². The number of aryl methyl sites for hydroxylation is 1. The number of aromatic nitrogens is 1. The van der Waals surface area contributed by atoms with E-state index in [1.54, 1.807) is 11.3 Å². The van der Waals surface area contributed by atoms with Crippen molar-refractivity contribution in [3.63, 3.8) is 0 Å². The monoisotopic (exact) mass is 308 g/mol. The Morgan fingerprint density at radius 1 is 1.33 bits per heavy atom. The number of nitrogens with zero attached hydrogens (tertiary/aromatic N) is 1. The molecule has 0 spiro atoms. The maximum Gasteiger partial charge on any atom is 0.131 e. The summed E-state index contributed by atoms with van der Waals surface area (Å²) in [5, 5.41) is 6.35. The first kappa shape index (κ1) is 15.9. The molecule has 3 nitrogen and oxygen atoms in total. The van der Waals surface area contributed by atoms with Gasteiger partial charge in [0.05, 0.1) is 10.7 Å². The number of rotatable bonds is 7. The molecule has 0 aliphatic carbocycles. The molecule has 1 heterocycles. The van der Waals surface area contributed by atoms with Gasteiger partial charge in [0.25, 0.3) is 0 Å². The van der Waals surface area contributed by atoms with Crippen LogP contribution in [0.4, 0.5) is 4.39 Å². The van der Waals surface area contributed by atoms with Gasteiger partial charge < -0.3 is 10.1 Å². The highest BCUT2D eigenvalue weighted by Gasteiger charge is 2.05. The Labute approximate surface area is 129 Å². The molecule has 2 rings (SSSR count). The van der Waals surface area contributed by atoms with E-state index in [4.69, 9.17) is 4.74 Å². The predicted octanol–water partition coefficient (Wildman–Crippen LogP) is 3.92. The molecule has 114 valence electrons. The third kappa shape index (κ3) is 5.10. The fourth-order valence-electron chi connectivity index (χ4n) is 1.86. The fraction of sp³-hybridized carbons (Fsp3) is 0.438. The zero-order chi connectivity index (χ0) is 15.2. The lowest BCUT2D eigenvalue weighted by Crippen LogP contribution is -2.21. The van der Waals surface area contributed by atoms with Crippen molar-refractivity contribution in [3.05, 3.63) is 45.7 Å². The van der Waals surface area contributed by atoms with Gasteiger partial charge in [-0.3, -0.25) is 0 Å². The van der Waals surface area contributed by atoms with Gasteiger partial charge >= 0.3 is 0 Å². The molecule has 0 aliphatic heterocycles. The number of benzene rings is 1. The maximum absolute atomic E-state index is 13.6. The van der Waals surface area contributed by atoms with Crippen molar-refractivity contribution < 1.29 is 9.13 Å². The second-order valence-electron chi connectivity index (χ2n) is 5.21. The van der Waals surface area contributed by atoms with Gasteiger partial charge in [-0.1, -0.05) is 20.8 Å². The highest BCUT2D eigenvalue weighted by atomic mass is 32.1. The van der Waals surface area contributed by atoms with E-state index in [1.165, 1.54) is 12.1 Å². The topological polar surface area (TPSA) is 34.1 Å². The second kappa shape index (κ2) is 7.52. The first-order valence-corrected chi connectivity index (χ1v) is 8.03. The van der Waals surface area contributed by atoms with E-state index in [1.807, 2.05) is 11.4 Å². The van der Waals surface area contributed by atoms with Crippen molar-refractivity contribution in [1.82, 2.24) is 10.3 Å². The van der Waals surface area contributed by atoms with Gasteiger partial charge in [-0.05, 0) is 24.1 Å². The lowest BCUT2D eigenvalue weighted by atomic mass is 10.2. The largest absolute Gasteiger partial charge is 0.487 e. The second-order valence-corrected chi connectivity index (χ2v) is 6.15. The molecule has 1 N–H and O–H groups in total. The van der Waals surface area contributed by atoms with E-state index < -0.39 is 0 Å². The minimum Gasteiger partial charge on any atom is -0.487 e. The van der Waals surface area contributed by atoms with E-state index in [2.05, 4.69) is 31.1 Å². The lowest BCUT2D eigenvalue weighted by Gasteiger charge is -2.10. The van der Waals surface area contributed by atoms with Crippen LogP contribution >= 0.6 is 11.3 Å². The quantitative estimate of drug-likeness (QED) is 0.842. The van der Waals surface area contributed by atoms with E-state index in [9.17, 15) is 4.39 Å². The Hall–Kier alpha value is -1.46. The molecule has 0 amide bonds. The highest BCUT2D eigenvalue weighted by Crippen LogP contribution is 2.19. The van der Waals surface area contributed by atoms with Gasteiger partial charge in [-0.15, -0.1) is 11.3 Å². The summed E-state index contributed by atoms with van der Waals surface area (Å²) in [6, 6.07) is 5.16. The fourth-order valence-corrected chi connectivity index (χ4v) is 2.59. The predicted molar refractivity (Wildman–Crippen MR) is 84.2 cm³/mol. The van der Waals surface area contributed by atoms with Crippen molar-refractivity contribution in [2.24, 2.45) is 0 Å². The molecule has 0 saturated heterocycles. The molecule has 2 aromatic rings. The molecule has 1 aromatic heterocycles. The SMILES string of the molecule is CCc1nc(COc2cc(F)cc(CNC(C)C)c2)cs1. The van der Waals surface area contributed by atoms with Gasteiger partial charge in [0.2, 0.25) is 0 Å². The van der Waals surface area contributed by atoms with Crippen LogP contribution in [-0.2, 0) is 19.6 Å². The van der Waals surface area contributed by atoms with E-state index in [0.717, 1.165) is 22.7 Å². The molecule has 5 heteroatoms. The number of hydrogen-bond donors (Lipinski definition) is 1. The minimum atomic E-state index is -0.277. The van der Waals surface area contributed by atoms with E-state index in [-0.39, 0.29) is 5.82 Å². The Balaban J connectivity index is 1.98. The van der Waals surface area contributed by atoms with Gasteiger partial charge in [-0.2, -0.15) is 0 Å². The van der Waals surface area contributed by atoms with Crippen LogP contribution in [0, 0.1) is 5.82 Å². The minimum absolute atomic E-state index is 0.277. The molecule has 0 aliphatic rings. The molecule has 21 heavy (non-hydrogen) atoms. The van der Waals surface area contributed by atoms with Gasteiger partial charge in [-0.25, -0.2) is 9.37 Å². The molecular weight excluding hydrogens is 287 g/mol. The van der Waals surface area contributed by atoms with Crippen LogP contribution in [0.15, 0.2) is 23.6 Å². The van der Waals surface area contributed by atoms with Crippen LogP contribution < -0.4 is 10.1 Å². The first-order chi connectivity index (χ1) is 10.1. The molecule has 0 atom stereocenters. The Bertz CT molecular complexity index is 583. The van der Waals surface area contributed by atoms with E-state index in [0.29, 0.717) is 24.9 Å². The lowest BCUT2D eigenvalue weighted by molar-refractivity contribution is 0.300. The Kier molecular flexibility index (Phi) is 5.70. The van der Waals surface area contributed by atoms with Gasteiger partial charge in [0, 0.05) is 24.0 Å². The average Bonchev–Trinajstić information content (AvgIpc) is 2.90. The molecule has 0 saturated carbocycles. The van der Waals surface area contributed by atoms with Crippen LogP contribution in [0.1, 0.15) is 37.0 Å². The number of halogens is 1. The van der Waals surface area contributed by atoms with Crippen molar-refractivity contribution in [2.75, 3.05) is 0 Å². The normalized spacial score (nSPS) is 11.1. The average molecular weight is 308 g/mol. The van der Waals surface area contributed by atoms with Crippen LogP contribution in [0.5, 0.6) is 5.75 Å². The van der Waals surface area contributed by atoms with Crippen LogP contribution in [0.25, 0.3) is 0 Å². The molecule has 0 fully saturated rings. The van der Waals surface area contributed by atoms with Crippen molar-refractivity contribution >= 4 is 11.3 Å². The Morgan fingerprint density at radius 3 is 2.81 bits per heavy atom. The summed E-state index contributed by atoms with van der Waals surface area (Å²) in [4.78, 5) is 4.44. The number of nitrogens with one attached hydrogen (secondary N) is 1. The molecule has 0 bridgehead atoms. The summed E-state index contributed by atoms with van der Waals surface area (Å²) in [6.45, 7) is 7.19. The third-order valence-corrected chi connectivity index (χ3v) is 3.98. The standard InChI is InChI=1S/C16H21FN2OS/c1-4-16-19-14(10-21-16)9-20-15-6-12(5-13(17)7-15)8-18-11(2)3/h5-7,10-11,18H,4,8-9H2,1-3H3. The van der Waals surface area contributed by atoms with Crippen LogP contribution in [0.2, 0.25) is 0 Å². The van der Waals surface area contributed by atoms with Gasteiger partial charge in [0.15, 0.2) is 0 Å². The number of ether oxygens (including phenoxy) is 1. The molecular formula is C16H21FN2OS. The number of hydrogen-bond acceptors (Lipinski definition) is 4. The zero-order valence-electron chi connectivity index (χ0n) is 12.6. The summed E-state index contributed by atoms with van der Waals surface area (Å²) >= 11 is 1.63. The Morgan fingerprint density at radius 2 is 2.14 bits per heavy atom. The first-order valence-electron chi connectivity index (χ1n) is 7.15. The third-order valence-electron chi connectivity index (χ3n) is 2.93. The van der Waals surface area contributed by atoms with Crippen molar-refractivity contribution in [2.45, 2.75) is 46.4 Å². The number of thiazole rings is 1. The maximum atomic E-state index is 13.6. The van der Waals surface area contributed by atoms with Crippen LogP contribution in [-0.4, -0.2) is 11.0 Å². The highest BCUT2D eigenvalue weighted by molar-refractivity contribution is 7.09. The summed E-state index contributed by atoms with van der Waals surface area (Å²) in [5.74, 6) is 0.266. The van der Waals surface area contributed by atoms with Crippen molar-refractivity contribution in [3.8, 4) is 5.75 Å².